The number of hydrogen-bond donors (Lipinski definition) is 0. The van der Waals surface area contributed by atoms with Crippen LogP contribution in [0.15, 0.2) is 29.6 Å². The Morgan fingerprint density at radius 1 is 1.35 bits per heavy atom. The van der Waals surface area contributed by atoms with Crippen molar-refractivity contribution < 1.29 is 14.0 Å². The maximum Gasteiger partial charge on any atom is 0.300 e. The van der Waals surface area contributed by atoms with E-state index in [1.54, 1.807) is 11.3 Å². The number of benzene rings is 1. The average Bonchev–Trinajstić information content (AvgIpc) is 3.14. The summed E-state index contributed by atoms with van der Waals surface area (Å²) >= 11 is 7.57. The minimum absolute atomic E-state index is 0.0299. The molecule has 1 aromatic carbocycles. The van der Waals surface area contributed by atoms with Crippen molar-refractivity contribution in [1.29, 1.82) is 0 Å². The van der Waals surface area contributed by atoms with Crippen LogP contribution in [-0.2, 0) is 4.79 Å². The van der Waals surface area contributed by atoms with Gasteiger partial charge in [0.1, 0.15) is 5.82 Å². The van der Waals surface area contributed by atoms with E-state index in [0.29, 0.717) is 0 Å². The summed E-state index contributed by atoms with van der Waals surface area (Å²) in [4.78, 5) is 28.5. The molecule has 7 heteroatoms. The summed E-state index contributed by atoms with van der Waals surface area (Å²) < 4.78 is 14.2. The van der Waals surface area contributed by atoms with E-state index >= 15 is 0 Å². The van der Waals surface area contributed by atoms with E-state index in [9.17, 15) is 14.0 Å². The van der Waals surface area contributed by atoms with E-state index in [1.165, 1.54) is 12.1 Å². The van der Waals surface area contributed by atoms with Crippen molar-refractivity contribution in [3.63, 3.8) is 0 Å². The lowest BCUT2D eigenvalue weighted by Crippen LogP contribution is -2.40. The minimum Gasteiger partial charge on any atom is -0.288 e. The largest absolute Gasteiger partial charge is 0.300 e. The molecule has 1 unspecified atom stereocenters. The number of halogens is 2. The molecule has 0 aliphatic carbocycles. The molecule has 0 fully saturated rings. The Labute approximate surface area is 142 Å². The second kappa shape index (κ2) is 6.03. The number of carbonyl (C=O) groups excluding carboxylic acids is 2. The van der Waals surface area contributed by atoms with Gasteiger partial charge in [-0.05, 0) is 37.6 Å². The van der Waals surface area contributed by atoms with Gasteiger partial charge in [-0.25, -0.2) is 4.39 Å². The van der Waals surface area contributed by atoms with Crippen LogP contribution in [0.25, 0.3) is 0 Å². The first-order valence-corrected chi connectivity index (χ1v) is 8.25. The van der Waals surface area contributed by atoms with E-state index in [1.807, 2.05) is 36.4 Å². The van der Waals surface area contributed by atoms with E-state index in [4.69, 9.17) is 11.6 Å². The fraction of sp³-hybridized carbons (Fsp3) is 0.250. The second-order valence-electron chi connectivity index (χ2n) is 5.40. The van der Waals surface area contributed by atoms with Crippen molar-refractivity contribution in [2.24, 2.45) is 0 Å². The summed E-state index contributed by atoms with van der Waals surface area (Å²) in [6.07, 6.45) is 0. The number of fused-ring (bicyclic) bond motifs is 1. The number of nitrogens with zero attached hydrogens (tertiary/aromatic N) is 2. The monoisotopic (exact) mass is 352 g/mol. The molecule has 3 rings (SSSR count). The molecule has 1 aliphatic rings. The molecule has 120 valence electrons. The molecule has 23 heavy (non-hydrogen) atoms. The summed E-state index contributed by atoms with van der Waals surface area (Å²) in [6.45, 7) is 2.09. The topological polar surface area (TPSA) is 40.6 Å². The van der Waals surface area contributed by atoms with Crippen LogP contribution in [-0.4, -0.2) is 30.3 Å². The van der Waals surface area contributed by atoms with Crippen molar-refractivity contribution in [1.82, 2.24) is 4.90 Å². The predicted octanol–water partition coefficient (Wildman–Crippen LogP) is 3.72. The molecule has 0 N–H and O–H groups in total. The van der Waals surface area contributed by atoms with E-state index < -0.39 is 17.5 Å². The first-order chi connectivity index (χ1) is 10.9. The van der Waals surface area contributed by atoms with Gasteiger partial charge in [-0.15, -0.1) is 11.3 Å². The third-order valence-electron chi connectivity index (χ3n) is 3.99. The van der Waals surface area contributed by atoms with Gasteiger partial charge in [-0.2, -0.15) is 0 Å². The molecule has 2 aromatic rings. The number of rotatable bonds is 4. The van der Waals surface area contributed by atoms with Crippen LogP contribution in [0.4, 0.5) is 10.1 Å². The number of thiophene rings is 1. The van der Waals surface area contributed by atoms with Crippen LogP contribution in [0.2, 0.25) is 5.02 Å². The lowest BCUT2D eigenvalue weighted by molar-refractivity contribution is -0.114. The summed E-state index contributed by atoms with van der Waals surface area (Å²) in [5, 5.41) is 2.06. The average molecular weight is 353 g/mol. The van der Waals surface area contributed by atoms with Crippen LogP contribution < -0.4 is 4.90 Å². The lowest BCUT2D eigenvalue weighted by Gasteiger charge is -2.29. The van der Waals surface area contributed by atoms with Crippen molar-refractivity contribution >= 4 is 40.3 Å². The zero-order valence-electron chi connectivity index (χ0n) is 12.5. The maximum absolute atomic E-state index is 14.2. The Balaban J connectivity index is 1.92. The van der Waals surface area contributed by atoms with Crippen LogP contribution >= 0.6 is 22.9 Å². The molecule has 0 saturated carbocycles. The molecular weight excluding hydrogens is 339 g/mol. The van der Waals surface area contributed by atoms with Crippen LogP contribution in [0.5, 0.6) is 0 Å². The highest BCUT2D eigenvalue weighted by Crippen LogP contribution is 2.37. The van der Waals surface area contributed by atoms with Gasteiger partial charge in [0.25, 0.3) is 5.78 Å². The number of hydrogen-bond acceptors (Lipinski definition) is 4. The van der Waals surface area contributed by atoms with Crippen molar-refractivity contribution in [3.05, 3.63) is 50.9 Å². The molecular formula is C16H14ClFN2O2S. The number of anilines is 1. The van der Waals surface area contributed by atoms with Crippen molar-refractivity contribution in [2.45, 2.75) is 13.0 Å². The highest BCUT2D eigenvalue weighted by Gasteiger charge is 2.40. The van der Waals surface area contributed by atoms with Crippen LogP contribution in [0.1, 0.15) is 28.2 Å². The number of Topliss-reactive ketones (excluding diaryl/α,β-unsaturated/α-hetero) is 1. The highest BCUT2D eigenvalue weighted by molar-refractivity contribution is 7.10. The fourth-order valence-corrected chi connectivity index (χ4v) is 3.67. The Kier molecular flexibility index (Phi) is 4.23. The molecule has 1 amide bonds. The smallest absolute Gasteiger partial charge is 0.288 e. The van der Waals surface area contributed by atoms with Crippen LogP contribution in [0, 0.1) is 5.82 Å². The Morgan fingerprint density at radius 2 is 2.09 bits per heavy atom. The predicted molar refractivity (Wildman–Crippen MR) is 88.6 cm³/mol. The zero-order chi connectivity index (χ0) is 16.7. The molecule has 1 aliphatic heterocycles. The van der Waals surface area contributed by atoms with E-state index in [0.717, 1.165) is 9.78 Å². The minimum atomic E-state index is -0.762. The van der Waals surface area contributed by atoms with Gasteiger partial charge >= 0.3 is 5.91 Å². The number of ketones is 1. The summed E-state index contributed by atoms with van der Waals surface area (Å²) in [7, 11) is 1.82. The van der Waals surface area contributed by atoms with Gasteiger partial charge in [0, 0.05) is 10.9 Å². The molecule has 0 saturated heterocycles. The Bertz CT molecular complexity index is 779. The standard InChI is InChI=1S/C16H14ClFN2O2S/c1-9(12-4-3-7-23-12)19(2)8-20-14-11(18)6-5-10(17)13(14)15(21)16(20)22/h3-7,9H,8H2,1-2H3. The first kappa shape index (κ1) is 16.1. The van der Waals surface area contributed by atoms with Crippen LogP contribution in [0.3, 0.4) is 0 Å². The zero-order valence-corrected chi connectivity index (χ0v) is 14.1. The van der Waals surface area contributed by atoms with Crippen molar-refractivity contribution in [3.8, 4) is 0 Å². The first-order valence-electron chi connectivity index (χ1n) is 6.99. The van der Waals surface area contributed by atoms with Gasteiger partial charge in [-0.1, -0.05) is 17.7 Å². The quantitative estimate of drug-likeness (QED) is 0.787. The molecule has 1 atom stereocenters. The van der Waals surface area contributed by atoms with Gasteiger partial charge < -0.3 is 0 Å². The fourth-order valence-electron chi connectivity index (χ4n) is 2.58. The number of amides is 1. The molecule has 2 heterocycles. The molecule has 0 spiro atoms. The summed E-state index contributed by atoms with van der Waals surface area (Å²) in [6, 6.07) is 6.44. The number of carbonyl (C=O) groups is 2. The maximum atomic E-state index is 14.2. The third kappa shape index (κ3) is 2.67. The molecule has 1 aromatic heterocycles. The Morgan fingerprint density at radius 3 is 2.74 bits per heavy atom. The molecule has 0 bridgehead atoms. The highest BCUT2D eigenvalue weighted by atomic mass is 35.5. The third-order valence-corrected chi connectivity index (χ3v) is 5.35. The normalized spacial score (nSPS) is 15.4. The van der Waals surface area contributed by atoms with Gasteiger partial charge in [0.05, 0.1) is 22.9 Å². The lowest BCUT2D eigenvalue weighted by atomic mass is 10.1. The van der Waals surface area contributed by atoms with Gasteiger partial charge in [-0.3, -0.25) is 19.4 Å². The summed E-state index contributed by atoms with van der Waals surface area (Å²) in [5.74, 6) is -2.14. The SMILES string of the molecule is CC(c1cccs1)N(C)CN1C(=O)C(=O)c2c(Cl)ccc(F)c21. The van der Waals surface area contributed by atoms with E-state index in [-0.39, 0.29) is 29.0 Å². The Hall–Kier alpha value is -1.76. The molecule has 0 radical (unpaired) electrons. The summed E-state index contributed by atoms with van der Waals surface area (Å²) in [5.41, 5.74) is -0.0772. The molecule has 4 nitrogen and oxygen atoms in total. The van der Waals surface area contributed by atoms with E-state index in [2.05, 4.69) is 0 Å². The van der Waals surface area contributed by atoms with Gasteiger partial charge in [0.2, 0.25) is 0 Å². The second-order valence-corrected chi connectivity index (χ2v) is 6.79. The van der Waals surface area contributed by atoms with Crippen molar-refractivity contribution in [2.75, 3.05) is 18.6 Å². The van der Waals surface area contributed by atoms with Gasteiger partial charge in [0.15, 0.2) is 0 Å².